The summed E-state index contributed by atoms with van der Waals surface area (Å²) in [5.41, 5.74) is 1.98. The highest BCUT2D eigenvalue weighted by atomic mass is 79.9. The molecule has 2 nitrogen and oxygen atoms in total. The fraction of sp³-hybridized carbons (Fsp3) is 0.222. The minimum Gasteiger partial charge on any atom is -0.325 e. The third-order valence-electron chi connectivity index (χ3n) is 1.44. The molecule has 0 atom stereocenters. The molecule has 0 aliphatic carbocycles. The minimum absolute atomic E-state index is 0.0560. The van der Waals surface area contributed by atoms with Gasteiger partial charge < -0.3 is 5.32 Å². The molecule has 1 aromatic rings. The summed E-state index contributed by atoms with van der Waals surface area (Å²) in [6, 6.07) is 5.79. The lowest BCUT2D eigenvalue weighted by atomic mass is 10.2. The summed E-state index contributed by atoms with van der Waals surface area (Å²) in [4.78, 5) is 10.7. The fourth-order valence-corrected chi connectivity index (χ4v) is 1.50. The van der Waals surface area contributed by atoms with Crippen LogP contribution in [0.2, 0.25) is 0 Å². The zero-order valence-corrected chi connectivity index (χ0v) is 8.60. The third-order valence-corrected chi connectivity index (χ3v) is 2.09. The van der Waals surface area contributed by atoms with E-state index in [1.807, 2.05) is 25.1 Å². The molecule has 0 bridgehead atoms. The number of nitrogens with one attached hydrogen (secondary N) is 1. The molecule has 1 N–H and O–H groups in total. The first-order chi connectivity index (χ1) is 5.59. The summed E-state index contributed by atoms with van der Waals surface area (Å²) in [7, 11) is 0. The molecule has 0 aromatic heterocycles. The second kappa shape index (κ2) is 3.72. The predicted molar refractivity (Wildman–Crippen MR) is 53.2 cm³/mol. The molecule has 0 spiro atoms. The molecular weight excluding hydrogens is 218 g/mol. The number of rotatable bonds is 1. The van der Waals surface area contributed by atoms with E-state index < -0.39 is 0 Å². The molecule has 0 saturated carbocycles. The van der Waals surface area contributed by atoms with Crippen molar-refractivity contribution in [1.82, 2.24) is 0 Å². The van der Waals surface area contributed by atoms with Crippen molar-refractivity contribution in [2.45, 2.75) is 13.8 Å². The van der Waals surface area contributed by atoms with Crippen LogP contribution in [0.1, 0.15) is 12.5 Å². The first-order valence-electron chi connectivity index (χ1n) is 3.63. The molecular formula is C9H10BrNO. The van der Waals surface area contributed by atoms with Crippen LogP contribution in [0.5, 0.6) is 0 Å². The van der Waals surface area contributed by atoms with Gasteiger partial charge in [0.05, 0.1) is 5.69 Å². The Morgan fingerprint density at radius 3 is 2.67 bits per heavy atom. The van der Waals surface area contributed by atoms with E-state index >= 15 is 0 Å². The van der Waals surface area contributed by atoms with E-state index in [2.05, 4.69) is 21.2 Å². The van der Waals surface area contributed by atoms with Crippen LogP contribution in [0, 0.1) is 6.92 Å². The maximum absolute atomic E-state index is 10.7. The van der Waals surface area contributed by atoms with Crippen molar-refractivity contribution in [3.8, 4) is 0 Å². The van der Waals surface area contributed by atoms with Crippen molar-refractivity contribution in [2.75, 3.05) is 5.32 Å². The highest BCUT2D eigenvalue weighted by molar-refractivity contribution is 9.10. The van der Waals surface area contributed by atoms with Gasteiger partial charge in [-0.15, -0.1) is 0 Å². The van der Waals surface area contributed by atoms with E-state index in [9.17, 15) is 4.79 Å². The Morgan fingerprint density at radius 1 is 1.50 bits per heavy atom. The monoisotopic (exact) mass is 227 g/mol. The van der Waals surface area contributed by atoms with Gasteiger partial charge in [0.15, 0.2) is 0 Å². The van der Waals surface area contributed by atoms with Gasteiger partial charge >= 0.3 is 0 Å². The van der Waals surface area contributed by atoms with Gasteiger partial charge in [0.1, 0.15) is 0 Å². The Hall–Kier alpha value is -0.830. The summed E-state index contributed by atoms with van der Waals surface area (Å²) < 4.78 is 0.915. The first-order valence-corrected chi connectivity index (χ1v) is 4.42. The van der Waals surface area contributed by atoms with Gasteiger partial charge in [-0.05, 0) is 40.5 Å². The molecule has 0 aliphatic rings. The van der Waals surface area contributed by atoms with E-state index in [0.717, 1.165) is 15.7 Å². The van der Waals surface area contributed by atoms with Crippen molar-refractivity contribution >= 4 is 27.5 Å². The zero-order valence-electron chi connectivity index (χ0n) is 7.02. The number of aryl methyl sites for hydroxylation is 1. The summed E-state index contributed by atoms with van der Waals surface area (Å²) in [6.07, 6.45) is 0. The molecule has 1 aromatic carbocycles. The molecule has 0 heterocycles. The average molecular weight is 228 g/mol. The lowest BCUT2D eigenvalue weighted by Crippen LogP contribution is -2.06. The van der Waals surface area contributed by atoms with Gasteiger partial charge in [-0.2, -0.15) is 0 Å². The molecule has 0 unspecified atom stereocenters. The quantitative estimate of drug-likeness (QED) is 0.786. The molecule has 0 radical (unpaired) electrons. The normalized spacial score (nSPS) is 9.58. The van der Waals surface area contributed by atoms with Crippen LogP contribution >= 0.6 is 15.9 Å². The number of anilines is 1. The Balaban J connectivity index is 2.93. The van der Waals surface area contributed by atoms with Crippen molar-refractivity contribution < 1.29 is 4.79 Å². The largest absolute Gasteiger partial charge is 0.325 e. The molecule has 0 fully saturated rings. The lowest BCUT2D eigenvalue weighted by Gasteiger charge is -2.04. The number of amides is 1. The lowest BCUT2D eigenvalue weighted by molar-refractivity contribution is -0.114. The van der Waals surface area contributed by atoms with E-state index in [4.69, 9.17) is 0 Å². The van der Waals surface area contributed by atoms with Crippen molar-refractivity contribution in [1.29, 1.82) is 0 Å². The molecule has 1 amide bonds. The predicted octanol–water partition coefficient (Wildman–Crippen LogP) is 2.72. The molecule has 64 valence electrons. The van der Waals surface area contributed by atoms with Crippen LogP contribution in [-0.2, 0) is 4.79 Å². The standard InChI is InChI=1S/C9H10BrNO/c1-6-3-4-9(8(10)5-6)11-7(2)12/h3-5H,1-2H3,(H,11,12). The summed E-state index contributed by atoms with van der Waals surface area (Å²) in [6.45, 7) is 3.49. The van der Waals surface area contributed by atoms with Gasteiger partial charge in [0.2, 0.25) is 5.91 Å². The Kier molecular flexibility index (Phi) is 2.87. The van der Waals surface area contributed by atoms with Gasteiger partial charge in [-0.3, -0.25) is 4.79 Å². The highest BCUT2D eigenvalue weighted by Crippen LogP contribution is 2.22. The maximum Gasteiger partial charge on any atom is 0.221 e. The highest BCUT2D eigenvalue weighted by Gasteiger charge is 2.00. The first kappa shape index (κ1) is 9.26. The zero-order chi connectivity index (χ0) is 9.14. The van der Waals surface area contributed by atoms with Crippen LogP contribution in [-0.4, -0.2) is 5.91 Å². The number of carbonyl (C=O) groups is 1. The molecule has 12 heavy (non-hydrogen) atoms. The van der Waals surface area contributed by atoms with Gasteiger partial charge in [0.25, 0.3) is 0 Å². The smallest absolute Gasteiger partial charge is 0.221 e. The minimum atomic E-state index is -0.0560. The SMILES string of the molecule is CC(=O)Nc1ccc(C)cc1Br. The van der Waals surface area contributed by atoms with Gasteiger partial charge in [-0.25, -0.2) is 0 Å². The third kappa shape index (κ3) is 2.34. The van der Waals surface area contributed by atoms with Crippen LogP contribution in [0.15, 0.2) is 22.7 Å². The second-order valence-corrected chi connectivity index (χ2v) is 3.52. The summed E-state index contributed by atoms with van der Waals surface area (Å²) >= 11 is 3.36. The van der Waals surface area contributed by atoms with Gasteiger partial charge in [0, 0.05) is 11.4 Å². The number of hydrogen-bond acceptors (Lipinski definition) is 1. The summed E-state index contributed by atoms with van der Waals surface area (Å²) in [5.74, 6) is -0.0560. The molecule has 0 aliphatic heterocycles. The Labute approximate surface area is 80.1 Å². The van der Waals surface area contributed by atoms with Crippen molar-refractivity contribution in [3.05, 3.63) is 28.2 Å². The number of hydrogen-bond donors (Lipinski definition) is 1. The molecule has 0 saturated heterocycles. The number of halogens is 1. The Morgan fingerprint density at radius 2 is 2.17 bits per heavy atom. The van der Waals surface area contributed by atoms with Crippen LogP contribution in [0.25, 0.3) is 0 Å². The second-order valence-electron chi connectivity index (χ2n) is 2.66. The van der Waals surface area contributed by atoms with Gasteiger partial charge in [-0.1, -0.05) is 6.07 Å². The van der Waals surface area contributed by atoms with E-state index in [1.54, 1.807) is 0 Å². The average Bonchev–Trinajstić information content (AvgIpc) is 1.94. The molecule has 3 heteroatoms. The van der Waals surface area contributed by atoms with Crippen LogP contribution in [0.4, 0.5) is 5.69 Å². The van der Waals surface area contributed by atoms with Crippen molar-refractivity contribution in [3.63, 3.8) is 0 Å². The maximum atomic E-state index is 10.7. The number of carbonyl (C=O) groups excluding carboxylic acids is 1. The van der Waals surface area contributed by atoms with E-state index in [0.29, 0.717) is 0 Å². The van der Waals surface area contributed by atoms with Crippen LogP contribution < -0.4 is 5.32 Å². The van der Waals surface area contributed by atoms with Crippen molar-refractivity contribution in [2.24, 2.45) is 0 Å². The van der Waals surface area contributed by atoms with E-state index in [1.165, 1.54) is 6.92 Å². The van der Waals surface area contributed by atoms with E-state index in [-0.39, 0.29) is 5.91 Å². The van der Waals surface area contributed by atoms with Crippen LogP contribution in [0.3, 0.4) is 0 Å². The fourth-order valence-electron chi connectivity index (χ4n) is 0.911. The Bertz CT molecular complexity index is 309. The topological polar surface area (TPSA) is 29.1 Å². The molecule has 1 rings (SSSR count). The number of benzene rings is 1. The summed E-state index contributed by atoms with van der Waals surface area (Å²) in [5, 5.41) is 2.71.